The second-order valence-electron chi connectivity index (χ2n) is 5.43. The molecule has 1 aliphatic rings. The van der Waals surface area contributed by atoms with Crippen LogP contribution in [0.1, 0.15) is 20.3 Å². The Morgan fingerprint density at radius 3 is 2.43 bits per heavy atom. The molecule has 2 rings (SSSR count). The standard InChI is InChI=1S/C15H26N4O2/c1-3-18(4-2)9-5-6-17-12-13(15(21)14(12)20)19-10-7-16-8-11-19/h16-17H,3-11H2,1-2H3. The largest absolute Gasteiger partial charge is 0.380 e. The number of hydrogen-bond acceptors (Lipinski definition) is 6. The molecular weight excluding hydrogens is 268 g/mol. The van der Waals surface area contributed by atoms with Crippen molar-refractivity contribution in [1.29, 1.82) is 0 Å². The highest BCUT2D eigenvalue weighted by Gasteiger charge is 2.26. The Hall–Kier alpha value is -1.40. The lowest BCUT2D eigenvalue weighted by Crippen LogP contribution is -2.50. The molecule has 0 amide bonds. The van der Waals surface area contributed by atoms with Crippen LogP contribution in [0, 0.1) is 0 Å². The molecule has 6 heteroatoms. The molecule has 2 N–H and O–H groups in total. The Morgan fingerprint density at radius 2 is 1.81 bits per heavy atom. The van der Waals surface area contributed by atoms with Crippen LogP contribution < -0.4 is 26.4 Å². The van der Waals surface area contributed by atoms with Gasteiger partial charge in [0.2, 0.25) is 0 Å². The summed E-state index contributed by atoms with van der Waals surface area (Å²) < 4.78 is 0. The SMILES string of the molecule is CCN(CC)CCCNc1c(N2CCNCC2)c(=O)c1=O. The summed E-state index contributed by atoms with van der Waals surface area (Å²) in [5, 5.41) is 6.42. The molecule has 1 aromatic rings. The van der Waals surface area contributed by atoms with Crippen LogP contribution in [0.3, 0.4) is 0 Å². The Labute approximate surface area is 125 Å². The van der Waals surface area contributed by atoms with Crippen molar-refractivity contribution in [3.63, 3.8) is 0 Å². The van der Waals surface area contributed by atoms with Gasteiger partial charge >= 0.3 is 0 Å². The lowest BCUT2D eigenvalue weighted by atomic mass is 10.1. The molecule has 1 fully saturated rings. The first-order valence-corrected chi connectivity index (χ1v) is 7.94. The highest BCUT2D eigenvalue weighted by molar-refractivity contribution is 5.75. The van der Waals surface area contributed by atoms with E-state index in [0.29, 0.717) is 11.4 Å². The van der Waals surface area contributed by atoms with E-state index in [0.717, 1.165) is 58.8 Å². The van der Waals surface area contributed by atoms with Crippen molar-refractivity contribution in [2.75, 3.05) is 62.6 Å². The van der Waals surface area contributed by atoms with E-state index in [1.165, 1.54) is 0 Å². The predicted octanol–water partition coefficient (Wildman–Crippen LogP) is -0.164. The Balaban J connectivity index is 1.87. The van der Waals surface area contributed by atoms with Crippen LogP contribution in [0.15, 0.2) is 9.59 Å². The second kappa shape index (κ2) is 7.56. The van der Waals surface area contributed by atoms with Gasteiger partial charge in [0.05, 0.1) is 0 Å². The van der Waals surface area contributed by atoms with E-state index in [9.17, 15) is 9.59 Å². The van der Waals surface area contributed by atoms with Crippen molar-refractivity contribution in [3.8, 4) is 0 Å². The summed E-state index contributed by atoms with van der Waals surface area (Å²) in [6.07, 6.45) is 0.974. The average Bonchev–Trinajstić information content (AvgIpc) is 2.54. The summed E-state index contributed by atoms with van der Waals surface area (Å²) in [6.45, 7) is 11.4. The maximum absolute atomic E-state index is 11.8. The highest BCUT2D eigenvalue weighted by atomic mass is 16.2. The average molecular weight is 294 g/mol. The lowest BCUT2D eigenvalue weighted by Gasteiger charge is -2.31. The fourth-order valence-corrected chi connectivity index (χ4v) is 2.79. The van der Waals surface area contributed by atoms with Gasteiger partial charge in [-0.25, -0.2) is 0 Å². The van der Waals surface area contributed by atoms with E-state index in [-0.39, 0.29) is 10.9 Å². The van der Waals surface area contributed by atoms with Gasteiger partial charge in [0.25, 0.3) is 10.9 Å². The molecule has 0 saturated carbocycles. The van der Waals surface area contributed by atoms with Gasteiger partial charge in [-0.1, -0.05) is 13.8 Å². The first kappa shape index (κ1) is 16.0. The Bertz CT molecular complexity index is 512. The van der Waals surface area contributed by atoms with Gasteiger partial charge in [0, 0.05) is 32.7 Å². The summed E-state index contributed by atoms with van der Waals surface area (Å²) in [5.41, 5.74) is 0.445. The van der Waals surface area contributed by atoms with Gasteiger partial charge in [-0.05, 0) is 26.1 Å². The summed E-state index contributed by atoms with van der Waals surface area (Å²) >= 11 is 0. The van der Waals surface area contributed by atoms with Crippen molar-refractivity contribution < 1.29 is 0 Å². The van der Waals surface area contributed by atoms with E-state index in [2.05, 4.69) is 29.4 Å². The fraction of sp³-hybridized carbons (Fsp3) is 0.733. The zero-order valence-electron chi connectivity index (χ0n) is 13.1. The van der Waals surface area contributed by atoms with E-state index < -0.39 is 0 Å². The van der Waals surface area contributed by atoms with Gasteiger partial charge in [-0.2, -0.15) is 0 Å². The number of hydrogen-bond donors (Lipinski definition) is 2. The van der Waals surface area contributed by atoms with Crippen molar-refractivity contribution in [3.05, 3.63) is 20.4 Å². The molecule has 0 aromatic heterocycles. The molecule has 1 aromatic carbocycles. The number of nitrogens with one attached hydrogen (secondary N) is 2. The van der Waals surface area contributed by atoms with Gasteiger partial charge < -0.3 is 20.4 Å². The third-order valence-electron chi connectivity index (χ3n) is 4.17. The van der Waals surface area contributed by atoms with Crippen molar-refractivity contribution >= 4 is 11.4 Å². The van der Waals surface area contributed by atoms with E-state index in [4.69, 9.17) is 0 Å². The smallest absolute Gasteiger partial charge is 0.253 e. The van der Waals surface area contributed by atoms with Crippen LogP contribution in [0.5, 0.6) is 0 Å². The van der Waals surface area contributed by atoms with Gasteiger partial charge in [0.1, 0.15) is 11.4 Å². The van der Waals surface area contributed by atoms with Crippen molar-refractivity contribution in [2.24, 2.45) is 0 Å². The van der Waals surface area contributed by atoms with Gasteiger partial charge in [0.15, 0.2) is 0 Å². The molecule has 0 bridgehead atoms. The molecule has 21 heavy (non-hydrogen) atoms. The monoisotopic (exact) mass is 294 g/mol. The van der Waals surface area contributed by atoms with Crippen molar-refractivity contribution in [1.82, 2.24) is 10.2 Å². The van der Waals surface area contributed by atoms with Crippen LogP contribution in [0.2, 0.25) is 0 Å². The van der Waals surface area contributed by atoms with Crippen LogP contribution in [-0.4, -0.2) is 57.3 Å². The molecule has 1 aliphatic heterocycles. The molecule has 1 saturated heterocycles. The third kappa shape index (κ3) is 3.63. The van der Waals surface area contributed by atoms with Crippen LogP contribution in [0.4, 0.5) is 11.4 Å². The molecule has 0 aliphatic carbocycles. The molecule has 118 valence electrons. The molecule has 0 radical (unpaired) electrons. The fourth-order valence-electron chi connectivity index (χ4n) is 2.79. The van der Waals surface area contributed by atoms with Crippen LogP contribution in [0.25, 0.3) is 0 Å². The summed E-state index contributed by atoms with van der Waals surface area (Å²) in [4.78, 5) is 27.9. The molecule has 6 nitrogen and oxygen atoms in total. The maximum atomic E-state index is 11.8. The zero-order chi connectivity index (χ0) is 15.2. The molecule has 0 atom stereocenters. The predicted molar refractivity (Wildman–Crippen MR) is 87.3 cm³/mol. The summed E-state index contributed by atoms with van der Waals surface area (Å²) in [7, 11) is 0. The third-order valence-corrected chi connectivity index (χ3v) is 4.17. The van der Waals surface area contributed by atoms with Gasteiger partial charge in [-0.15, -0.1) is 0 Å². The number of anilines is 2. The molecule has 0 spiro atoms. The van der Waals surface area contributed by atoms with E-state index >= 15 is 0 Å². The minimum Gasteiger partial charge on any atom is -0.380 e. The van der Waals surface area contributed by atoms with Crippen LogP contribution >= 0.6 is 0 Å². The minimum atomic E-state index is -0.355. The molecule has 1 heterocycles. The first-order valence-electron chi connectivity index (χ1n) is 7.94. The first-order chi connectivity index (χ1) is 10.2. The normalized spacial score (nSPS) is 15.9. The maximum Gasteiger partial charge on any atom is 0.253 e. The van der Waals surface area contributed by atoms with E-state index in [1.54, 1.807) is 0 Å². The Morgan fingerprint density at radius 1 is 1.14 bits per heavy atom. The number of piperazine rings is 1. The van der Waals surface area contributed by atoms with E-state index in [1.807, 2.05) is 4.90 Å². The second-order valence-corrected chi connectivity index (χ2v) is 5.43. The van der Waals surface area contributed by atoms with Crippen molar-refractivity contribution in [2.45, 2.75) is 20.3 Å². The number of nitrogens with zero attached hydrogens (tertiary/aromatic N) is 2. The number of rotatable bonds is 8. The van der Waals surface area contributed by atoms with Crippen LogP contribution in [-0.2, 0) is 0 Å². The molecule has 0 unspecified atom stereocenters. The molecular formula is C15H26N4O2. The Kier molecular flexibility index (Phi) is 5.76. The topological polar surface area (TPSA) is 64.7 Å². The quantitative estimate of drug-likeness (QED) is 0.513. The summed E-state index contributed by atoms with van der Waals surface area (Å²) in [6, 6.07) is 0. The van der Waals surface area contributed by atoms with Gasteiger partial charge in [-0.3, -0.25) is 9.59 Å². The lowest BCUT2D eigenvalue weighted by molar-refractivity contribution is 0.303. The summed E-state index contributed by atoms with van der Waals surface area (Å²) in [5.74, 6) is 0. The zero-order valence-corrected chi connectivity index (χ0v) is 13.1. The minimum absolute atomic E-state index is 0.330. The highest BCUT2D eigenvalue weighted by Crippen LogP contribution is 2.20.